The Morgan fingerprint density at radius 3 is 2.58 bits per heavy atom. The first-order valence-electron chi connectivity index (χ1n) is 4.95. The van der Waals surface area contributed by atoms with Gasteiger partial charge in [-0.3, -0.25) is 9.59 Å². The SMILES string of the molecule is CC(=O)OCC(=O)Nc1ccc(Cl)c(S(N)(=O)=O)c1. The molecule has 9 heteroatoms. The molecule has 1 aromatic rings. The standard InChI is InChI=1S/C10H11ClN2O5S/c1-6(14)18-5-10(15)13-7-2-3-8(11)9(4-7)19(12,16)17/h2-4H,5H2,1H3,(H,13,15)(H2,12,16,17). The zero-order valence-corrected chi connectivity index (χ0v) is 11.4. The first-order chi connectivity index (χ1) is 8.70. The van der Waals surface area contributed by atoms with Crippen LogP contribution in [0.2, 0.25) is 5.02 Å². The third kappa shape index (κ3) is 4.86. The quantitative estimate of drug-likeness (QED) is 0.785. The molecule has 0 atom stereocenters. The van der Waals surface area contributed by atoms with Crippen molar-refractivity contribution in [3.63, 3.8) is 0 Å². The van der Waals surface area contributed by atoms with Crippen LogP contribution in [0, 0.1) is 0 Å². The fourth-order valence-corrected chi connectivity index (χ4v) is 2.23. The van der Waals surface area contributed by atoms with E-state index in [0.29, 0.717) is 0 Å². The first-order valence-corrected chi connectivity index (χ1v) is 6.88. The molecule has 19 heavy (non-hydrogen) atoms. The van der Waals surface area contributed by atoms with Crippen LogP contribution in [-0.4, -0.2) is 26.9 Å². The van der Waals surface area contributed by atoms with Crippen molar-refractivity contribution in [1.29, 1.82) is 0 Å². The topological polar surface area (TPSA) is 116 Å². The molecule has 0 radical (unpaired) electrons. The number of hydrogen-bond acceptors (Lipinski definition) is 5. The van der Waals surface area contributed by atoms with E-state index in [9.17, 15) is 18.0 Å². The molecular formula is C10H11ClN2O5S. The number of sulfonamides is 1. The largest absolute Gasteiger partial charge is 0.456 e. The molecule has 0 aliphatic heterocycles. The van der Waals surface area contributed by atoms with Crippen LogP contribution in [0.5, 0.6) is 0 Å². The van der Waals surface area contributed by atoms with Gasteiger partial charge in [0, 0.05) is 12.6 Å². The molecular weight excluding hydrogens is 296 g/mol. The molecule has 1 amide bonds. The number of benzene rings is 1. The lowest BCUT2D eigenvalue weighted by Crippen LogP contribution is -2.20. The van der Waals surface area contributed by atoms with Gasteiger partial charge in [-0.2, -0.15) is 0 Å². The monoisotopic (exact) mass is 306 g/mol. The Morgan fingerprint density at radius 2 is 2.05 bits per heavy atom. The summed E-state index contributed by atoms with van der Waals surface area (Å²) in [6, 6.07) is 3.79. The van der Waals surface area contributed by atoms with E-state index in [1.54, 1.807) is 0 Å². The van der Waals surface area contributed by atoms with Gasteiger partial charge in [-0.25, -0.2) is 13.6 Å². The molecule has 0 saturated heterocycles. The van der Waals surface area contributed by atoms with Gasteiger partial charge in [0.25, 0.3) is 5.91 Å². The summed E-state index contributed by atoms with van der Waals surface area (Å²) in [5.74, 6) is -1.21. The Kier molecular flexibility index (Phi) is 4.87. The van der Waals surface area contributed by atoms with Crippen molar-refractivity contribution >= 4 is 39.2 Å². The normalized spacial score (nSPS) is 10.9. The van der Waals surface area contributed by atoms with Crippen LogP contribution in [0.15, 0.2) is 23.1 Å². The minimum atomic E-state index is -3.99. The highest BCUT2D eigenvalue weighted by molar-refractivity contribution is 7.89. The highest BCUT2D eigenvalue weighted by Gasteiger charge is 2.14. The molecule has 1 aromatic carbocycles. The van der Waals surface area contributed by atoms with Gasteiger partial charge in [0.05, 0.1) is 5.02 Å². The first kappa shape index (κ1) is 15.4. The van der Waals surface area contributed by atoms with Crippen molar-refractivity contribution in [2.45, 2.75) is 11.8 Å². The van der Waals surface area contributed by atoms with E-state index in [0.717, 1.165) is 13.0 Å². The van der Waals surface area contributed by atoms with Crippen LogP contribution in [-0.2, 0) is 24.3 Å². The van der Waals surface area contributed by atoms with Crippen LogP contribution in [0.25, 0.3) is 0 Å². The molecule has 0 aromatic heterocycles. The third-order valence-corrected chi connectivity index (χ3v) is 3.32. The number of esters is 1. The molecule has 0 spiro atoms. The predicted molar refractivity (Wildman–Crippen MR) is 68.1 cm³/mol. The third-order valence-electron chi connectivity index (χ3n) is 1.93. The second-order valence-corrected chi connectivity index (χ2v) is 5.46. The lowest BCUT2D eigenvalue weighted by atomic mass is 10.3. The fraction of sp³-hybridized carbons (Fsp3) is 0.200. The number of ether oxygens (including phenoxy) is 1. The number of carbonyl (C=O) groups is 2. The number of primary sulfonamides is 1. The van der Waals surface area contributed by atoms with Crippen molar-refractivity contribution in [2.75, 3.05) is 11.9 Å². The smallest absolute Gasteiger partial charge is 0.303 e. The van der Waals surface area contributed by atoms with Crippen LogP contribution < -0.4 is 10.5 Å². The second kappa shape index (κ2) is 6.00. The van der Waals surface area contributed by atoms with Crippen LogP contribution in [0.1, 0.15) is 6.92 Å². The molecule has 104 valence electrons. The van der Waals surface area contributed by atoms with Crippen molar-refractivity contribution in [1.82, 2.24) is 0 Å². The average Bonchev–Trinajstić information content (AvgIpc) is 2.27. The Balaban J connectivity index is 2.86. The van der Waals surface area contributed by atoms with E-state index in [1.807, 2.05) is 0 Å². The fourth-order valence-electron chi connectivity index (χ4n) is 1.16. The van der Waals surface area contributed by atoms with Gasteiger partial charge < -0.3 is 10.1 Å². The van der Waals surface area contributed by atoms with Crippen molar-refractivity contribution in [2.24, 2.45) is 5.14 Å². The van der Waals surface area contributed by atoms with Crippen molar-refractivity contribution < 1.29 is 22.7 Å². The van der Waals surface area contributed by atoms with Crippen molar-refractivity contribution in [3.8, 4) is 0 Å². The number of rotatable bonds is 4. The minimum Gasteiger partial charge on any atom is -0.456 e. The molecule has 0 unspecified atom stereocenters. The lowest BCUT2D eigenvalue weighted by molar-refractivity contribution is -0.144. The molecule has 0 aliphatic rings. The second-order valence-electron chi connectivity index (χ2n) is 3.52. The number of hydrogen-bond donors (Lipinski definition) is 2. The molecule has 0 bridgehead atoms. The van der Waals surface area contributed by atoms with Gasteiger partial charge >= 0.3 is 5.97 Å². The van der Waals surface area contributed by atoms with Gasteiger partial charge in [0.15, 0.2) is 6.61 Å². The van der Waals surface area contributed by atoms with E-state index in [-0.39, 0.29) is 15.6 Å². The predicted octanol–water partition coefficient (Wildman–Crippen LogP) is 0.489. The summed E-state index contributed by atoms with van der Waals surface area (Å²) >= 11 is 5.68. The zero-order chi connectivity index (χ0) is 14.6. The number of nitrogens with two attached hydrogens (primary N) is 1. The molecule has 3 N–H and O–H groups in total. The minimum absolute atomic E-state index is 0.0551. The molecule has 0 fully saturated rings. The Morgan fingerprint density at radius 1 is 1.42 bits per heavy atom. The number of carbonyl (C=O) groups excluding carboxylic acids is 2. The van der Waals surface area contributed by atoms with Gasteiger partial charge in [-0.15, -0.1) is 0 Å². The van der Waals surface area contributed by atoms with Crippen LogP contribution in [0.4, 0.5) is 5.69 Å². The number of halogens is 1. The Labute approximate surface area is 114 Å². The maximum atomic E-state index is 11.4. The summed E-state index contributed by atoms with van der Waals surface area (Å²) in [7, 11) is -3.99. The number of anilines is 1. The Bertz CT molecular complexity index is 614. The Hall–Kier alpha value is -1.64. The van der Waals surface area contributed by atoms with Crippen LogP contribution in [0.3, 0.4) is 0 Å². The number of amides is 1. The highest BCUT2D eigenvalue weighted by Crippen LogP contribution is 2.23. The van der Waals surface area contributed by atoms with E-state index in [2.05, 4.69) is 10.1 Å². The van der Waals surface area contributed by atoms with Crippen LogP contribution >= 0.6 is 11.6 Å². The van der Waals surface area contributed by atoms with E-state index in [1.165, 1.54) is 12.1 Å². The highest BCUT2D eigenvalue weighted by atomic mass is 35.5. The van der Waals surface area contributed by atoms with E-state index in [4.69, 9.17) is 16.7 Å². The summed E-state index contributed by atoms with van der Waals surface area (Å²) in [6.07, 6.45) is 0. The summed E-state index contributed by atoms with van der Waals surface area (Å²) in [4.78, 5) is 21.6. The van der Waals surface area contributed by atoms with Gasteiger partial charge in [-0.1, -0.05) is 11.6 Å². The van der Waals surface area contributed by atoms with Gasteiger partial charge in [-0.05, 0) is 18.2 Å². The molecule has 1 rings (SSSR count). The summed E-state index contributed by atoms with van der Waals surface area (Å²) < 4.78 is 26.9. The molecule has 0 aliphatic carbocycles. The molecule has 0 saturated carbocycles. The number of nitrogens with one attached hydrogen (secondary N) is 1. The maximum absolute atomic E-state index is 11.4. The van der Waals surface area contributed by atoms with Crippen molar-refractivity contribution in [3.05, 3.63) is 23.2 Å². The van der Waals surface area contributed by atoms with Gasteiger partial charge in [0.2, 0.25) is 10.0 Å². The zero-order valence-electron chi connectivity index (χ0n) is 9.84. The lowest BCUT2D eigenvalue weighted by Gasteiger charge is -2.08. The van der Waals surface area contributed by atoms with Gasteiger partial charge in [0.1, 0.15) is 4.90 Å². The average molecular weight is 307 g/mol. The summed E-state index contributed by atoms with van der Waals surface area (Å²) in [5, 5.41) is 7.25. The van der Waals surface area contributed by atoms with E-state index >= 15 is 0 Å². The maximum Gasteiger partial charge on any atom is 0.303 e. The molecule has 7 nitrogen and oxygen atoms in total. The van der Waals surface area contributed by atoms with E-state index < -0.39 is 28.5 Å². The summed E-state index contributed by atoms with van der Waals surface area (Å²) in [6.45, 7) is 0.692. The summed E-state index contributed by atoms with van der Waals surface area (Å²) in [5.41, 5.74) is 0.172. The molecule has 0 heterocycles.